The minimum atomic E-state index is -3.58. The number of benzene rings is 8. The van der Waals surface area contributed by atoms with E-state index in [0.29, 0.717) is 0 Å². The van der Waals surface area contributed by atoms with Gasteiger partial charge < -0.3 is 19.2 Å². The fraction of sp³-hybridized carbons (Fsp3) is 0. The zero-order chi connectivity index (χ0) is 42.0. The zero-order valence-corrected chi connectivity index (χ0v) is 34.2. The highest BCUT2D eigenvalue weighted by molar-refractivity contribution is 7.22. The minimum absolute atomic E-state index is 0.0738. The molecule has 0 saturated heterocycles. The quantitative estimate of drug-likeness (QED) is 0.0507. The van der Waals surface area contributed by atoms with Crippen LogP contribution in [0.2, 0.25) is 0 Å². The molecule has 61 heavy (non-hydrogen) atoms. The lowest BCUT2D eigenvalue weighted by molar-refractivity contribution is -0.135. The van der Waals surface area contributed by atoms with Crippen LogP contribution < -0.4 is 42.6 Å². The molecule has 0 bridgehead atoms. The molecular formula is C48H40B4O8Si. The summed E-state index contributed by atoms with van der Waals surface area (Å²) in [7, 11) is -3.29. The highest BCUT2D eigenvalue weighted by Crippen LogP contribution is 2.30. The van der Waals surface area contributed by atoms with Crippen LogP contribution in [0.25, 0.3) is 44.5 Å². The summed E-state index contributed by atoms with van der Waals surface area (Å²) in [4.78, 5) is 18.0. The third-order valence-electron chi connectivity index (χ3n) is 11.3. The maximum absolute atomic E-state index is 9.27. The molecule has 0 aliphatic heterocycles. The molecule has 0 fully saturated rings. The van der Waals surface area contributed by atoms with Crippen LogP contribution in [0.5, 0.6) is 0 Å². The van der Waals surface area contributed by atoms with Crippen molar-refractivity contribution in [2.75, 3.05) is 0 Å². The summed E-state index contributed by atoms with van der Waals surface area (Å²) < 4.78 is 0. The van der Waals surface area contributed by atoms with Crippen molar-refractivity contribution in [1.82, 2.24) is 0 Å². The second-order valence-corrected chi connectivity index (χ2v) is 18.5. The van der Waals surface area contributed by atoms with Crippen LogP contribution in [0.4, 0.5) is 0 Å². The van der Waals surface area contributed by atoms with E-state index in [9.17, 15) is 21.0 Å². The minimum Gasteiger partial charge on any atom is -0.306 e. The molecule has 4 N–H and O–H groups in total. The SMILES string of the molecule is OOBc1ccc(-c2ccccc2[Si](c2ccccc2-c2ccc(BOO)cc2)(c2ccccc2-c2ccc(BOO)cc2)c2ccccc2-c2ccc(BOO)cc2)cc1. The van der Waals surface area contributed by atoms with Crippen LogP contribution >= 0.6 is 0 Å². The van der Waals surface area contributed by atoms with Crippen LogP contribution in [0.15, 0.2) is 194 Å². The monoisotopic (exact) mass is 816 g/mol. The number of rotatable bonds is 16. The van der Waals surface area contributed by atoms with Crippen LogP contribution in [-0.4, -0.2) is 59.0 Å². The Bertz CT molecular complexity index is 2320. The second-order valence-electron chi connectivity index (χ2n) is 14.8. The highest BCUT2D eigenvalue weighted by atomic mass is 28.3. The van der Waals surface area contributed by atoms with E-state index in [1.807, 2.05) is 48.5 Å². The highest BCUT2D eigenvalue weighted by Gasteiger charge is 2.47. The maximum Gasteiger partial charge on any atom is 0.355 e. The topological polar surface area (TPSA) is 118 Å². The number of hydrogen-bond donors (Lipinski definition) is 4. The molecule has 8 nitrogen and oxygen atoms in total. The first-order valence-electron chi connectivity index (χ1n) is 19.9. The van der Waals surface area contributed by atoms with Gasteiger partial charge in [-0.1, -0.05) is 194 Å². The van der Waals surface area contributed by atoms with Gasteiger partial charge in [-0.15, -0.1) is 0 Å². The molecule has 13 heteroatoms. The Morgan fingerprint density at radius 3 is 0.656 bits per heavy atom. The first-order valence-corrected chi connectivity index (χ1v) is 21.9. The fourth-order valence-electron chi connectivity index (χ4n) is 8.54. The average Bonchev–Trinajstić information content (AvgIpc) is 3.32. The maximum atomic E-state index is 9.27. The van der Waals surface area contributed by atoms with Gasteiger partial charge in [-0.05, 0) is 87.1 Å². The normalized spacial score (nSPS) is 11.2. The summed E-state index contributed by atoms with van der Waals surface area (Å²) in [5.41, 5.74) is 11.7. The van der Waals surface area contributed by atoms with Crippen LogP contribution in [0, 0.1) is 0 Å². The van der Waals surface area contributed by atoms with Gasteiger partial charge in [0.2, 0.25) is 0 Å². The van der Waals surface area contributed by atoms with Gasteiger partial charge in [-0.25, -0.2) is 0 Å². The van der Waals surface area contributed by atoms with Gasteiger partial charge >= 0.3 is 29.9 Å². The van der Waals surface area contributed by atoms with Gasteiger partial charge in [0.25, 0.3) is 0 Å². The summed E-state index contributed by atoms with van der Waals surface area (Å²) in [6.45, 7) is 0. The Labute approximate surface area is 358 Å². The summed E-state index contributed by atoms with van der Waals surface area (Å²) in [6, 6.07) is 67.2. The lowest BCUT2D eigenvalue weighted by atomic mass is 9.87. The smallest absolute Gasteiger partial charge is 0.306 e. The van der Waals surface area contributed by atoms with Gasteiger partial charge in [0.05, 0.1) is 0 Å². The van der Waals surface area contributed by atoms with Crippen molar-refractivity contribution in [3.8, 4) is 44.5 Å². The van der Waals surface area contributed by atoms with Crippen molar-refractivity contribution in [1.29, 1.82) is 0 Å². The molecule has 0 atom stereocenters. The van der Waals surface area contributed by atoms with Gasteiger partial charge in [0, 0.05) is 0 Å². The largest absolute Gasteiger partial charge is 0.355 e. The predicted octanol–water partition coefficient (Wildman–Crippen LogP) is 3.60. The number of hydrogen-bond acceptors (Lipinski definition) is 8. The molecule has 0 aliphatic carbocycles. The van der Waals surface area contributed by atoms with Crippen molar-refractivity contribution in [2.45, 2.75) is 0 Å². The Morgan fingerprint density at radius 1 is 0.262 bits per heavy atom. The van der Waals surface area contributed by atoms with Crippen molar-refractivity contribution in [2.24, 2.45) is 0 Å². The molecule has 0 radical (unpaired) electrons. The molecule has 8 rings (SSSR count). The van der Waals surface area contributed by atoms with E-state index in [1.54, 1.807) is 0 Å². The molecule has 0 aromatic heterocycles. The first kappa shape index (κ1) is 41.6. The molecular weight excluding hydrogens is 776 g/mol. The van der Waals surface area contributed by atoms with Gasteiger partial charge in [0.15, 0.2) is 8.07 Å². The Hall–Kier alpha value is -6.08. The van der Waals surface area contributed by atoms with Crippen molar-refractivity contribution < 1.29 is 40.2 Å². The third kappa shape index (κ3) is 8.61. The summed E-state index contributed by atoms with van der Waals surface area (Å²) in [5.74, 6) is 0. The Morgan fingerprint density at radius 2 is 0.459 bits per heavy atom. The first-order chi connectivity index (χ1) is 30.1. The van der Waals surface area contributed by atoms with E-state index in [0.717, 1.165) is 87.1 Å². The molecule has 0 amide bonds. The second kappa shape index (κ2) is 19.5. The van der Waals surface area contributed by atoms with Gasteiger partial charge in [-0.3, -0.25) is 21.0 Å². The predicted molar refractivity (Wildman–Crippen MR) is 254 cm³/mol. The molecule has 0 spiro atoms. The van der Waals surface area contributed by atoms with Crippen LogP contribution in [0.3, 0.4) is 0 Å². The van der Waals surface area contributed by atoms with Crippen molar-refractivity contribution >= 4 is 80.6 Å². The molecule has 8 aromatic rings. The molecule has 0 saturated carbocycles. The van der Waals surface area contributed by atoms with Crippen LogP contribution in [0.1, 0.15) is 0 Å². The van der Waals surface area contributed by atoms with Gasteiger partial charge in [-0.2, -0.15) is 0 Å². The molecule has 8 aromatic carbocycles. The Balaban J connectivity index is 1.54. The van der Waals surface area contributed by atoms with E-state index >= 15 is 0 Å². The molecule has 0 heterocycles. The summed E-state index contributed by atoms with van der Waals surface area (Å²) in [5, 5.41) is 41.7. The van der Waals surface area contributed by atoms with E-state index in [2.05, 4.69) is 165 Å². The Kier molecular flexibility index (Phi) is 13.3. The lowest BCUT2D eigenvalue weighted by Gasteiger charge is -2.40. The van der Waals surface area contributed by atoms with E-state index in [4.69, 9.17) is 0 Å². The molecule has 296 valence electrons. The molecule has 0 aliphatic rings. The van der Waals surface area contributed by atoms with E-state index in [1.165, 1.54) is 0 Å². The van der Waals surface area contributed by atoms with Crippen molar-refractivity contribution in [3.63, 3.8) is 0 Å². The average molecular weight is 816 g/mol. The third-order valence-corrected chi connectivity index (χ3v) is 16.3. The summed E-state index contributed by atoms with van der Waals surface area (Å²) >= 11 is 0. The van der Waals surface area contributed by atoms with Gasteiger partial charge in [0.1, 0.15) is 0 Å². The standard InChI is InChI=1S/C48H40B4O8Si/c53-57-49-37-25-17-33(18-26-37)41-9-1-5-13-45(41)61(46-14-6-2-10-42(46)34-19-27-38(28-20-34)50-58-54,47-15-7-3-11-43(47)35-21-29-39(30-22-35)51-59-55)48-16-8-4-12-44(48)36-23-31-40(32-24-36)52-60-56/h1-32,49-56H. The van der Waals surface area contributed by atoms with Crippen LogP contribution in [-0.2, 0) is 19.2 Å². The summed E-state index contributed by atoms with van der Waals surface area (Å²) in [6.07, 6.45) is 0. The molecule has 0 unspecified atom stereocenters. The lowest BCUT2D eigenvalue weighted by Crippen LogP contribution is -2.76. The fourth-order valence-corrected chi connectivity index (χ4v) is 14.2. The van der Waals surface area contributed by atoms with E-state index in [-0.39, 0.29) is 29.9 Å². The zero-order valence-electron chi connectivity index (χ0n) is 33.2. The van der Waals surface area contributed by atoms with Crippen molar-refractivity contribution in [3.05, 3.63) is 194 Å². The van der Waals surface area contributed by atoms with E-state index < -0.39 is 8.07 Å².